The van der Waals surface area contributed by atoms with Crippen LogP contribution in [-0.2, 0) is 4.74 Å². The number of ether oxygens (including phenoxy) is 1. The SMILES string of the molecule is NC1CCCN(c2n[nH]c(C3CCOC3)n2)C1. The van der Waals surface area contributed by atoms with E-state index >= 15 is 0 Å². The van der Waals surface area contributed by atoms with Gasteiger partial charge in [0.05, 0.1) is 6.61 Å². The third kappa shape index (κ3) is 2.28. The van der Waals surface area contributed by atoms with Gasteiger partial charge in [-0.25, -0.2) is 0 Å². The van der Waals surface area contributed by atoms with Gasteiger partial charge < -0.3 is 15.4 Å². The molecule has 0 amide bonds. The smallest absolute Gasteiger partial charge is 0.244 e. The average Bonchev–Trinajstić information content (AvgIpc) is 3.00. The molecular formula is C11H19N5O. The maximum absolute atomic E-state index is 5.96. The monoisotopic (exact) mass is 237 g/mol. The van der Waals surface area contributed by atoms with Crippen LogP contribution < -0.4 is 10.6 Å². The first-order valence-corrected chi connectivity index (χ1v) is 6.33. The molecule has 3 N–H and O–H groups in total. The molecule has 2 atom stereocenters. The number of H-pyrrole nitrogens is 1. The highest BCUT2D eigenvalue weighted by molar-refractivity contribution is 5.30. The van der Waals surface area contributed by atoms with E-state index in [0.29, 0.717) is 5.92 Å². The Labute approximate surface area is 101 Å². The van der Waals surface area contributed by atoms with E-state index in [-0.39, 0.29) is 6.04 Å². The lowest BCUT2D eigenvalue weighted by molar-refractivity contribution is 0.193. The van der Waals surface area contributed by atoms with Crippen LogP contribution in [0, 0.1) is 0 Å². The number of nitrogens with two attached hydrogens (primary N) is 1. The van der Waals surface area contributed by atoms with E-state index in [1.807, 2.05) is 0 Å². The van der Waals surface area contributed by atoms with Crippen molar-refractivity contribution >= 4 is 5.95 Å². The van der Waals surface area contributed by atoms with Gasteiger partial charge in [-0.1, -0.05) is 0 Å². The Morgan fingerprint density at radius 1 is 1.41 bits per heavy atom. The number of piperidine rings is 1. The van der Waals surface area contributed by atoms with Crippen molar-refractivity contribution in [2.24, 2.45) is 5.73 Å². The fourth-order valence-corrected chi connectivity index (χ4v) is 2.53. The molecule has 1 aromatic heterocycles. The summed E-state index contributed by atoms with van der Waals surface area (Å²) in [7, 11) is 0. The number of nitrogens with one attached hydrogen (secondary N) is 1. The number of hydrogen-bond acceptors (Lipinski definition) is 5. The fourth-order valence-electron chi connectivity index (χ4n) is 2.53. The summed E-state index contributed by atoms with van der Waals surface area (Å²) in [4.78, 5) is 6.74. The van der Waals surface area contributed by atoms with Gasteiger partial charge in [0.25, 0.3) is 0 Å². The van der Waals surface area contributed by atoms with E-state index in [1.54, 1.807) is 0 Å². The first-order chi connectivity index (χ1) is 8.33. The zero-order valence-electron chi connectivity index (χ0n) is 9.93. The Bertz CT molecular complexity index is 374. The molecule has 2 saturated heterocycles. The number of aromatic amines is 1. The van der Waals surface area contributed by atoms with Crippen LogP contribution in [0.2, 0.25) is 0 Å². The Morgan fingerprint density at radius 3 is 3.12 bits per heavy atom. The number of anilines is 1. The summed E-state index contributed by atoms with van der Waals surface area (Å²) in [5.74, 6) is 2.13. The van der Waals surface area contributed by atoms with Crippen LogP contribution in [0.25, 0.3) is 0 Å². The zero-order chi connectivity index (χ0) is 11.7. The second-order valence-corrected chi connectivity index (χ2v) is 4.93. The van der Waals surface area contributed by atoms with Crippen molar-refractivity contribution in [1.29, 1.82) is 0 Å². The van der Waals surface area contributed by atoms with Crippen LogP contribution >= 0.6 is 0 Å². The minimum Gasteiger partial charge on any atom is -0.381 e. The van der Waals surface area contributed by atoms with Gasteiger partial charge in [0.1, 0.15) is 5.82 Å². The van der Waals surface area contributed by atoms with Gasteiger partial charge in [-0.3, -0.25) is 5.10 Å². The van der Waals surface area contributed by atoms with Crippen molar-refractivity contribution in [2.45, 2.75) is 31.2 Å². The quantitative estimate of drug-likeness (QED) is 0.770. The van der Waals surface area contributed by atoms with Crippen molar-refractivity contribution in [3.63, 3.8) is 0 Å². The predicted octanol–water partition coefficient (Wildman–Crippen LogP) is 0.236. The van der Waals surface area contributed by atoms with Crippen LogP contribution in [0.1, 0.15) is 31.0 Å². The number of aromatic nitrogens is 3. The lowest BCUT2D eigenvalue weighted by Gasteiger charge is -2.29. The average molecular weight is 237 g/mol. The van der Waals surface area contributed by atoms with E-state index in [1.165, 1.54) is 0 Å². The highest BCUT2D eigenvalue weighted by atomic mass is 16.5. The normalized spacial score (nSPS) is 29.8. The molecule has 2 aliphatic rings. The molecule has 94 valence electrons. The summed E-state index contributed by atoms with van der Waals surface area (Å²) in [5, 5.41) is 7.33. The first kappa shape index (κ1) is 11.0. The molecule has 6 heteroatoms. The van der Waals surface area contributed by atoms with E-state index in [0.717, 1.165) is 57.3 Å². The molecule has 0 bridgehead atoms. The van der Waals surface area contributed by atoms with Gasteiger partial charge >= 0.3 is 0 Å². The molecule has 2 fully saturated rings. The maximum atomic E-state index is 5.96. The molecule has 0 saturated carbocycles. The van der Waals surface area contributed by atoms with Gasteiger partial charge in [-0.15, -0.1) is 5.10 Å². The molecule has 17 heavy (non-hydrogen) atoms. The summed E-state index contributed by atoms with van der Waals surface area (Å²) in [5.41, 5.74) is 5.96. The molecule has 3 heterocycles. The van der Waals surface area contributed by atoms with E-state index < -0.39 is 0 Å². The number of hydrogen-bond donors (Lipinski definition) is 2. The zero-order valence-corrected chi connectivity index (χ0v) is 9.93. The molecule has 2 aliphatic heterocycles. The van der Waals surface area contributed by atoms with E-state index in [9.17, 15) is 0 Å². The lowest BCUT2D eigenvalue weighted by atomic mass is 10.1. The van der Waals surface area contributed by atoms with Crippen molar-refractivity contribution in [1.82, 2.24) is 15.2 Å². The molecule has 0 aliphatic carbocycles. The van der Waals surface area contributed by atoms with Crippen molar-refractivity contribution in [3.8, 4) is 0 Å². The Kier molecular flexibility index (Phi) is 2.98. The molecule has 0 spiro atoms. The second-order valence-electron chi connectivity index (χ2n) is 4.93. The fraction of sp³-hybridized carbons (Fsp3) is 0.818. The third-order valence-electron chi connectivity index (χ3n) is 3.55. The van der Waals surface area contributed by atoms with Crippen molar-refractivity contribution in [2.75, 3.05) is 31.2 Å². The van der Waals surface area contributed by atoms with Crippen molar-refractivity contribution < 1.29 is 4.74 Å². The largest absolute Gasteiger partial charge is 0.381 e. The van der Waals surface area contributed by atoms with E-state index in [4.69, 9.17) is 10.5 Å². The van der Waals surface area contributed by atoms with Crippen LogP contribution in [0.3, 0.4) is 0 Å². The van der Waals surface area contributed by atoms with Crippen LogP contribution in [0.4, 0.5) is 5.95 Å². The van der Waals surface area contributed by atoms with Crippen molar-refractivity contribution in [3.05, 3.63) is 5.82 Å². The van der Waals surface area contributed by atoms with E-state index in [2.05, 4.69) is 20.1 Å². The third-order valence-corrected chi connectivity index (χ3v) is 3.55. The Balaban J connectivity index is 1.70. The minimum atomic E-state index is 0.250. The van der Waals surface area contributed by atoms with Crippen LogP contribution in [0.5, 0.6) is 0 Å². The highest BCUT2D eigenvalue weighted by Gasteiger charge is 2.24. The predicted molar refractivity (Wildman–Crippen MR) is 64.0 cm³/mol. The standard InChI is InChI=1S/C11H19N5O/c12-9-2-1-4-16(6-9)11-13-10(14-15-11)8-3-5-17-7-8/h8-9H,1-7,12H2,(H,13,14,15). The number of nitrogens with zero attached hydrogens (tertiary/aromatic N) is 3. The molecule has 0 aromatic carbocycles. The van der Waals surface area contributed by atoms with Gasteiger partial charge in [0, 0.05) is 31.7 Å². The summed E-state index contributed by atoms with van der Waals surface area (Å²) in [6.45, 7) is 3.45. The van der Waals surface area contributed by atoms with Gasteiger partial charge in [0.15, 0.2) is 0 Å². The molecule has 0 radical (unpaired) electrons. The highest BCUT2D eigenvalue weighted by Crippen LogP contribution is 2.24. The van der Waals surface area contributed by atoms with Crippen LogP contribution in [0.15, 0.2) is 0 Å². The maximum Gasteiger partial charge on any atom is 0.244 e. The molecular weight excluding hydrogens is 218 g/mol. The molecule has 1 aromatic rings. The van der Waals surface area contributed by atoms with Gasteiger partial charge in [-0.05, 0) is 19.3 Å². The summed E-state index contributed by atoms with van der Waals surface area (Å²) < 4.78 is 5.36. The van der Waals surface area contributed by atoms with Gasteiger partial charge in [-0.2, -0.15) is 4.98 Å². The molecule has 2 unspecified atom stereocenters. The first-order valence-electron chi connectivity index (χ1n) is 6.33. The summed E-state index contributed by atoms with van der Waals surface area (Å²) in [6.07, 6.45) is 3.26. The van der Waals surface area contributed by atoms with Gasteiger partial charge in [0.2, 0.25) is 5.95 Å². The van der Waals surface area contributed by atoms with Crippen LogP contribution in [-0.4, -0.2) is 47.5 Å². The Hall–Kier alpha value is -1.14. The summed E-state index contributed by atoms with van der Waals surface area (Å²) >= 11 is 0. The number of rotatable bonds is 2. The minimum absolute atomic E-state index is 0.250. The molecule has 6 nitrogen and oxygen atoms in total. The topological polar surface area (TPSA) is 80.1 Å². The lowest BCUT2D eigenvalue weighted by Crippen LogP contribution is -2.43. The molecule has 3 rings (SSSR count). The Morgan fingerprint density at radius 2 is 2.35 bits per heavy atom. The second kappa shape index (κ2) is 4.62. The summed E-state index contributed by atoms with van der Waals surface area (Å²) in [6, 6.07) is 0.250.